The molecule has 124 valence electrons. The highest BCUT2D eigenvalue weighted by Gasteiger charge is 2.35. The summed E-state index contributed by atoms with van der Waals surface area (Å²) in [5, 5.41) is 2.74. The van der Waals surface area contributed by atoms with Crippen LogP contribution in [0.3, 0.4) is 0 Å². The lowest BCUT2D eigenvalue weighted by Crippen LogP contribution is -2.35. The predicted octanol–water partition coefficient (Wildman–Crippen LogP) is 1.97. The molecule has 0 aromatic carbocycles. The Balaban J connectivity index is 1.72. The molecule has 1 aromatic heterocycles. The van der Waals surface area contributed by atoms with E-state index < -0.39 is 0 Å². The Hall–Kier alpha value is -1.98. The lowest BCUT2D eigenvalue weighted by Gasteiger charge is -2.27. The van der Waals surface area contributed by atoms with Crippen LogP contribution in [0, 0.1) is 5.92 Å². The van der Waals surface area contributed by atoms with E-state index in [-0.39, 0.29) is 17.9 Å². The zero-order chi connectivity index (χ0) is 16.2. The van der Waals surface area contributed by atoms with E-state index in [9.17, 15) is 9.59 Å². The average molecular weight is 316 g/mol. The third-order valence-corrected chi connectivity index (χ3v) is 4.80. The Morgan fingerprint density at radius 2 is 2.00 bits per heavy atom. The summed E-state index contributed by atoms with van der Waals surface area (Å²) in [6, 6.07) is 0.0351. The third-order valence-electron chi connectivity index (χ3n) is 4.80. The number of likely N-dealkylation sites (tertiary alicyclic amines) is 1. The molecule has 1 unspecified atom stereocenters. The van der Waals surface area contributed by atoms with E-state index in [2.05, 4.69) is 15.3 Å². The van der Waals surface area contributed by atoms with Crippen LogP contribution in [0.4, 0.5) is 0 Å². The van der Waals surface area contributed by atoms with E-state index in [1.165, 1.54) is 19.8 Å². The molecule has 2 amide bonds. The number of nitrogens with one attached hydrogen (secondary N) is 1. The smallest absolute Gasteiger partial charge is 0.226 e. The van der Waals surface area contributed by atoms with Gasteiger partial charge in [0.15, 0.2) is 0 Å². The molecule has 0 bridgehead atoms. The molecule has 6 nitrogen and oxygen atoms in total. The summed E-state index contributed by atoms with van der Waals surface area (Å²) in [7, 11) is 0. The highest BCUT2D eigenvalue weighted by atomic mass is 16.2. The van der Waals surface area contributed by atoms with Gasteiger partial charge >= 0.3 is 0 Å². The van der Waals surface area contributed by atoms with Gasteiger partial charge in [-0.2, -0.15) is 0 Å². The largest absolute Gasteiger partial charge is 0.351 e. The van der Waals surface area contributed by atoms with Gasteiger partial charge in [0.05, 0.1) is 36.4 Å². The van der Waals surface area contributed by atoms with E-state index in [1.54, 1.807) is 12.4 Å². The Morgan fingerprint density at radius 3 is 2.74 bits per heavy atom. The first-order chi connectivity index (χ1) is 11.1. The number of amides is 2. The fourth-order valence-corrected chi connectivity index (χ4v) is 3.63. The van der Waals surface area contributed by atoms with Gasteiger partial charge in [0.2, 0.25) is 11.8 Å². The fraction of sp³-hybridized carbons (Fsp3) is 0.647. The number of hydrogen-bond acceptors (Lipinski definition) is 4. The number of aromatic nitrogens is 2. The van der Waals surface area contributed by atoms with Crippen molar-refractivity contribution in [3.05, 3.63) is 23.8 Å². The molecule has 1 N–H and O–H groups in total. The van der Waals surface area contributed by atoms with Crippen LogP contribution in [-0.2, 0) is 16.1 Å². The van der Waals surface area contributed by atoms with Crippen molar-refractivity contribution in [3.63, 3.8) is 0 Å². The van der Waals surface area contributed by atoms with Gasteiger partial charge in [0, 0.05) is 19.4 Å². The Kier molecular flexibility index (Phi) is 4.88. The van der Waals surface area contributed by atoms with Crippen molar-refractivity contribution >= 4 is 11.8 Å². The molecule has 1 saturated carbocycles. The van der Waals surface area contributed by atoms with Crippen LogP contribution >= 0.6 is 0 Å². The maximum atomic E-state index is 12.8. The van der Waals surface area contributed by atoms with Gasteiger partial charge in [-0.05, 0) is 25.7 Å². The quantitative estimate of drug-likeness (QED) is 0.921. The second kappa shape index (κ2) is 7.06. The minimum absolute atomic E-state index is 0.0351. The number of rotatable bonds is 4. The molecule has 0 spiro atoms. The third kappa shape index (κ3) is 3.68. The fourth-order valence-electron chi connectivity index (χ4n) is 3.63. The molecule has 1 atom stereocenters. The molecule has 23 heavy (non-hydrogen) atoms. The van der Waals surface area contributed by atoms with E-state index in [4.69, 9.17) is 0 Å². The molecule has 1 aromatic rings. The molecule has 2 aliphatic rings. The molecular formula is C17H24N4O2. The SMILES string of the molecule is CC(=O)NCc1cncc(C2CCCN2C(=O)C2CCCC2)n1. The molecule has 1 aliphatic heterocycles. The lowest BCUT2D eigenvalue weighted by molar-refractivity contribution is -0.136. The average Bonchev–Trinajstić information content (AvgIpc) is 3.23. The molecule has 3 rings (SSSR count). The van der Waals surface area contributed by atoms with E-state index in [1.807, 2.05) is 4.90 Å². The predicted molar refractivity (Wildman–Crippen MR) is 85.2 cm³/mol. The van der Waals surface area contributed by atoms with Gasteiger partial charge in [0.25, 0.3) is 0 Å². The molecule has 6 heteroatoms. The molecule has 1 aliphatic carbocycles. The summed E-state index contributed by atoms with van der Waals surface area (Å²) in [6.07, 6.45) is 9.76. The topological polar surface area (TPSA) is 75.2 Å². The van der Waals surface area contributed by atoms with Crippen LogP contribution in [0.1, 0.15) is 62.9 Å². The van der Waals surface area contributed by atoms with Crippen LogP contribution in [-0.4, -0.2) is 33.2 Å². The zero-order valence-corrected chi connectivity index (χ0v) is 13.6. The second-order valence-corrected chi connectivity index (χ2v) is 6.52. The Bertz CT molecular complexity index is 584. The summed E-state index contributed by atoms with van der Waals surface area (Å²) in [4.78, 5) is 34.7. The summed E-state index contributed by atoms with van der Waals surface area (Å²) >= 11 is 0. The normalized spacial score (nSPS) is 21.6. The zero-order valence-electron chi connectivity index (χ0n) is 13.6. The van der Waals surface area contributed by atoms with Crippen molar-refractivity contribution < 1.29 is 9.59 Å². The van der Waals surface area contributed by atoms with Gasteiger partial charge in [0.1, 0.15) is 0 Å². The lowest BCUT2D eigenvalue weighted by atomic mass is 10.1. The molecule has 0 radical (unpaired) electrons. The van der Waals surface area contributed by atoms with Crippen molar-refractivity contribution in [2.45, 2.75) is 58.0 Å². The van der Waals surface area contributed by atoms with Gasteiger partial charge in [-0.3, -0.25) is 19.6 Å². The van der Waals surface area contributed by atoms with Crippen molar-refractivity contribution in [2.75, 3.05) is 6.54 Å². The Labute approximate surface area is 136 Å². The van der Waals surface area contributed by atoms with Crippen LogP contribution in [0.2, 0.25) is 0 Å². The standard InChI is InChI=1S/C17H24N4O2/c1-12(22)19-10-14-9-18-11-15(20-14)16-7-4-8-21(16)17(23)13-5-2-3-6-13/h9,11,13,16H,2-8,10H2,1H3,(H,19,22). The maximum Gasteiger partial charge on any atom is 0.226 e. The van der Waals surface area contributed by atoms with E-state index in [0.717, 1.165) is 43.6 Å². The van der Waals surface area contributed by atoms with Crippen molar-refractivity contribution in [1.29, 1.82) is 0 Å². The van der Waals surface area contributed by atoms with Gasteiger partial charge < -0.3 is 10.2 Å². The van der Waals surface area contributed by atoms with E-state index >= 15 is 0 Å². The van der Waals surface area contributed by atoms with Gasteiger partial charge in [-0.15, -0.1) is 0 Å². The Morgan fingerprint density at radius 1 is 1.22 bits per heavy atom. The molecule has 1 saturated heterocycles. The molecule has 2 fully saturated rings. The summed E-state index contributed by atoms with van der Waals surface area (Å²) in [5.41, 5.74) is 1.58. The molecular weight excluding hydrogens is 292 g/mol. The van der Waals surface area contributed by atoms with Gasteiger partial charge in [-0.1, -0.05) is 12.8 Å². The van der Waals surface area contributed by atoms with Gasteiger partial charge in [-0.25, -0.2) is 0 Å². The van der Waals surface area contributed by atoms with Crippen LogP contribution in [0.5, 0.6) is 0 Å². The highest BCUT2D eigenvalue weighted by molar-refractivity contribution is 5.79. The van der Waals surface area contributed by atoms with Crippen LogP contribution in [0.15, 0.2) is 12.4 Å². The maximum absolute atomic E-state index is 12.8. The minimum atomic E-state index is -0.0869. The minimum Gasteiger partial charge on any atom is -0.351 e. The number of nitrogens with zero attached hydrogens (tertiary/aromatic N) is 3. The summed E-state index contributed by atoms with van der Waals surface area (Å²) in [5.74, 6) is 0.404. The number of hydrogen-bond donors (Lipinski definition) is 1. The first-order valence-electron chi connectivity index (χ1n) is 8.51. The highest BCUT2D eigenvalue weighted by Crippen LogP contribution is 2.35. The first kappa shape index (κ1) is 15.9. The summed E-state index contributed by atoms with van der Waals surface area (Å²) in [6.45, 7) is 2.67. The number of carbonyl (C=O) groups excluding carboxylic acids is 2. The second-order valence-electron chi connectivity index (χ2n) is 6.52. The number of carbonyl (C=O) groups is 2. The van der Waals surface area contributed by atoms with Crippen LogP contribution < -0.4 is 5.32 Å². The molecule has 2 heterocycles. The van der Waals surface area contributed by atoms with Crippen molar-refractivity contribution in [2.24, 2.45) is 5.92 Å². The monoisotopic (exact) mass is 316 g/mol. The summed E-state index contributed by atoms with van der Waals surface area (Å²) < 4.78 is 0. The first-order valence-corrected chi connectivity index (χ1v) is 8.51. The van der Waals surface area contributed by atoms with E-state index in [0.29, 0.717) is 12.5 Å². The van der Waals surface area contributed by atoms with Crippen molar-refractivity contribution in [3.8, 4) is 0 Å². The van der Waals surface area contributed by atoms with Crippen molar-refractivity contribution in [1.82, 2.24) is 20.2 Å². The van der Waals surface area contributed by atoms with Crippen LogP contribution in [0.25, 0.3) is 0 Å².